The molecule has 1 aliphatic heterocycles. The van der Waals surface area contributed by atoms with Crippen LogP contribution in [0.25, 0.3) is 0 Å². The molecule has 2 aromatic rings. The molecule has 0 saturated heterocycles. The van der Waals surface area contributed by atoms with Crippen LogP contribution in [-0.2, 0) is 22.5 Å². The van der Waals surface area contributed by atoms with Gasteiger partial charge in [-0.15, -0.1) is 11.3 Å². The van der Waals surface area contributed by atoms with E-state index in [1.165, 1.54) is 28.6 Å². The molecule has 1 aromatic heterocycles. The Kier molecular flexibility index (Phi) is 5.17. The Hall–Kier alpha value is -2.94. The number of amides is 1. The number of nitrogens with one attached hydrogen (secondary N) is 1. The Morgan fingerprint density at radius 2 is 2.19 bits per heavy atom. The lowest BCUT2D eigenvalue weighted by atomic mass is 10.1. The van der Waals surface area contributed by atoms with Gasteiger partial charge in [0, 0.05) is 29.7 Å². The average Bonchev–Trinajstić information content (AvgIpc) is 3.12. The van der Waals surface area contributed by atoms with E-state index in [-0.39, 0.29) is 23.7 Å². The number of hydrogen-bond acceptors (Lipinski definition) is 7. The predicted molar refractivity (Wildman–Crippen MR) is 96.4 cm³/mol. The van der Waals surface area contributed by atoms with Crippen LogP contribution in [0.15, 0.2) is 29.6 Å². The van der Waals surface area contributed by atoms with E-state index in [9.17, 15) is 19.7 Å². The van der Waals surface area contributed by atoms with Gasteiger partial charge in [-0.3, -0.25) is 14.9 Å². The molecule has 1 aliphatic rings. The molecule has 1 N–H and O–H groups in total. The summed E-state index contributed by atoms with van der Waals surface area (Å²) in [6, 6.07) is 6.04. The number of nitro benzene ring substituents is 1. The van der Waals surface area contributed by atoms with Crippen LogP contribution in [-0.4, -0.2) is 41.9 Å². The Balaban J connectivity index is 1.67. The van der Waals surface area contributed by atoms with Gasteiger partial charge in [0.15, 0.2) is 0 Å². The minimum absolute atomic E-state index is 0.0396. The first-order valence-corrected chi connectivity index (χ1v) is 8.81. The largest absolute Gasteiger partial charge is 0.465 e. The number of nitro groups is 1. The molecule has 8 nitrogen and oxygen atoms in total. The maximum atomic E-state index is 12.4. The first-order valence-electron chi connectivity index (χ1n) is 7.93. The number of esters is 1. The molecule has 0 radical (unpaired) electrons. The number of fused-ring (bicyclic) bond motifs is 1. The van der Waals surface area contributed by atoms with Crippen molar-refractivity contribution in [1.29, 1.82) is 0 Å². The molecule has 9 heteroatoms. The average molecular weight is 375 g/mol. The molecular weight excluding hydrogens is 358 g/mol. The van der Waals surface area contributed by atoms with E-state index >= 15 is 0 Å². The minimum Gasteiger partial charge on any atom is -0.465 e. The summed E-state index contributed by atoms with van der Waals surface area (Å²) < 4.78 is 4.58. The molecule has 0 saturated carbocycles. The zero-order chi connectivity index (χ0) is 18.7. The molecular formula is C17H17N3O5S. The summed E-state index contributed by atoms with van der Waals surface area (Å²) in [7, 11) is 1.16. The standard InChI is InChI=1S/C17H17N3O5S/c1-25-17(22)13-8-12(2-3-14(13)20(23)24)18-9-16(21)19-6-4-15-11(10-19)5-7-26-15/h2-3,5,7-8,18H,4,6,9-10H2,1H3. The van der Waals surface area contributed by atoms with E-state index in [1.807, 2.05) is 11.4 Å². The quantitative estimate of drug-likeness (QED) is 0.489. The lowest BCUT2D eigenvalue weighted by molar-refractivity contribution is -0.385. The van der Waals surface area contributed by atoms with Crippen LogP contribution in [0, 0.1) is 10.1 Å². The zero-order valence-corrected chi connectivity index (χ0v) is 14.9. The third kappa shape index (κ3) is 3.67. The van der Waals surface area contributed by atoms with Crippen molar-refractivity contribution in [2.24, 2.45) is 0 Å². The number of carbonyl (C=O) groups excluding carboxylic acids is 2. The summed E-state index contributed by atoms with van der Waals surface area (Å²) in [6.07, 6.45) is 0.850. The topological polar surface area (TPSA) is 102 Å². The van der Waals surface area contributed by atoms with Crippen molar-refractivity contribution >= 4 is 34.6 Å². The molecule has 1 amide bonds. The number of rotatable bonds is 5. The van der Waals surface area contributed by atoms with Crippen LogP contribution in [0.1, 0.15) is 20.8 Å². The number of hydrogen-bond donors (Lipinski definition) is 1. The Morgan fingerprint density at radius 3 is 2.92 bits per heavy atom. The van der Waals surface area contributed by atoms with Gasteiger partial charge >= 0.3 is 5.97 Å². The third-order valence-electron chi connectivity index (χ3n) is 4.20. The van der Waals surface area contributed by atoms with Crippen LogP contribution in [0.2, 0.25) is 0 Å². The highest BCUT2D eigenvalue weighted by atomic mass is 32.1. The predicted octanol–water partition coefficient (Wildman–Crippen LogP) is 2.44. The highest BCUT2D eigenvalue weighted by Crippen LogP contribution is 2.25. The van der Waals surface area contributed by atoms with Crippen molar-refractivity contribution < 1.29 is 19.2 Å². The first kappa shape index (κ1) is 17.9. The van der Waals surface area contributed by atoms with Crippen LogP contribution >= 0.6 is 11.3 Å². The molecule has 0 unspecified atom stereocenters. The second-order valence-corrected chi connectivity index (χ2v) is 6.77. The number of benzene rings is 1. The van der Waals surface area contributed by atoms with E-state index in [1.54, 1.807) is 16.2 Å². The Labute approximate surface area is 153 Å². The maximum absolute atomic E-state index is 12.4. The van der Waals surface area contributed by atoms with Gasteiger partial charge in [0.2, 0.25) is 5.91 Å². The zero-order valence-electron chi connectivity index (χ0n) is 14.1. The minimum atomic E-state index is -0.798. The fourth-order valence-corrected chi connectivity index (χ4v) is 3.72. The van der Waals surface area contributed by atoms with Crippen LogP contribution in [0.4, 0.5) is 11.4 Å². The number of anilines is 1. The van der Waals surface area contributed by atoms with Gasteiger partial charge in [-0.25, -0.2) is 4.79 Å². The van der Waals surface area contributed by atoms with Crippen molar-refractivity contribution in [3.8, 4) is 0 Å². The van der Waals surface area contributed by atoms with Gasteiger partial charge < -0.3 is 15.0 Å². The van der Waals surface area contributed by atoms with Gasteiger partial charge in [-0.1, -0.05) is 0 Å². The maximum Gasteiger partial charge on any atom is 0.344 e. The number of methoxy groups -OCH3 is 1. The molecule has 0 aliphatic carbocycles. The fraction of sp³-hybridized carbons (Fsp3) is 0.294. The molecule has 0 spiro atoms. The summed E-state index contributed by atoms with van der Waals surface area (Å²) in [4.78, 5) is 37.6. The summed E-state index contributed by atoms with van der Waals surface area (Å²) in [6.45, 7) is 1.30. The summed E-state index contributed by atoms with van der Waals surface area (Å²) in [5.74, 6) is -0.868. The molecule has 3 rings (SSSR count). The van der Waals surface area contributed by atoms with Crippen molar-refractivity contribution in [1.82, 2.24) is 4.90 Å². The number of thiophene rings is 1. The SMILES string of the molecule is COC(=O)c1cc(NCC(=O)N2CCc3sccc3C2)ccc1[N+](=O)[O-]. The lowest BCUT2D eigenvalue weighted by Gasteiger charge is -2.27. The highest BCUT2D eigenvalue weighted by molar-refractivity contribution is 7.10. The van der Waals surface area contributed by atoms with E-state index < -0.39 is 10.9 Å². The fourth-order valence-electron chi connectivity index (χ4n) is 2.83. The second kappa shape index (κ2) is 7.52. The van der Waals surface area contributed by atoms with E-state index in [4.69, 9.17) is 0 Å². The first-order chi connectivity index (χ1) is 12.5. The Morgan fingerprint density at radius 1 is 1.38 bits per heavy atom. The smallest absolute Gasteiger partial charge is 0.344 e. The number of nitrogens with zero attached hydrogens (tertiary/aromatic N) is 2. The molecule has 0 fully saturated rings. The van der Waals surface area contributed by atoms with Crippen molar-refractivity contribution in [2.75, 3.05) is 25.5 Å². The lowest BCUT2D eigenvalue weighted by Crippen LogP contribution is -2.38. The third-order valence-corrected chi connectivity index (χ3v) is 5.23. The van der Waals surface area contributed by atoms with E-state index in [0.29, 0.717) is 18.8 Å². The van der Waals surface area contributed by atoms with Gasteiger partial charge in [-0.05, 0) is 35.6 Å². The molecule has 2 heterocycles. The normalized spacial score (nSPS) is 13.0. The summed E-state index contributed by atoms with van der Waals surface area (Å²) >= 11 is 1.71. The molecule has 0 atom stereocenters. The molecule has 1 aromatic carbocycles. The van der Waals surface area contributed by atoms with Crippen LogP contribution in [0.3, 0.4) is 0 Å². The summed E-state index contributed by atoms with van der Waals surface area (Å²) in [5.41, 5.74) is 1.13. The van der Waals surface area contributed by atoms with Gasteiger partial charge in [0.1, 0.15) is 5.56 Å². The van der Waals surface area contributed by atoms with E-state index in [0.717, 1.165) is 13.5 Å². The Bertz CT molecular complexity index is 864. The van der Waals surface area contributed by atoms with Crippen LogP contribution in [0.5, 0.6) is 0 Å². The van der Waals surface area contributed by atoms with Crippen molar-refractivity contribution in [3.05, 3.63) is 55.8 Å². The van der Waals surface area contributed by atoms with Crippen molar-refractivity contribution in [3.63, 3.8) is 0 Å². The molecule has 136 valence electrons. The highest BCUT2D eigenvalue weighted by Gasteiger charge is 2.23. The molecule has 26 heavy (non-hydrogen) atoms. The van der Waals surface area contributed by atoms with Crippen LogP contribution < -0.4 is 5.32 Å². The van der Waals surface area contributed by atoms with Crippen molar-refractivity contribution in [2.45, 2.75) is 13.0 Å². The van der Waals surface area contributed by atoms with Gasteiger partial charge in [0.25, 0.3) is 5.69 Å². The van der Waals surface area contributed by atoms with Gasteiger partial charge in [-0.2, -0.15) is 0 Å². The number of ether oxygens (including phenoxy) is 1. The van der Waals surface area contributed by atoms with E-state index in [2.05, 4.69) is 10.1 Å². The summed E-state index contributed by atoms with van der Waals surface area (Å²) in [5, 5.41) is 16.0. The van der Waals surface area contributed by atoms with Gasteiger partial charge in [0.05, 0.1) is 18.6 Å². The monoisotopic (exact) mass is 375 g/mol. The number of carbonyl (C=O) groups is 2. The molecule has 0 bridgehead atoms. The second-order valence-electron chi connectivity index (χ2n) is 5.77.